The molecule has 0 amide bonds. The third-order valence-corrected chi connectivity index (χ3v) is 6.30. The second-order valence-corrected chi connectivity index (χ2v) is 8.27. The summed E-state index contributed by atoms with van der Waals surface area (Å²) in [5.74, 6) is 1.48. The lowest BCUT2D eigenvalue weighted by Crippen LogP contribution is -2.39. The van der Waals surface area contributed by atoms with Crippen molar-refractivity contribution in [1.29, 1.82) is 0 Å². The minimum atomic E-state index is 0. The first kappa shape index (κ1) is 30.1. The molecule has 2 heterocycles. The zero-order valence-electron chi connectivity index (χ0n) is 20.7. The summed E-state index contributed by atoms with van der Waals surface area (Å²) in [5.41, 5.74) is 4.47. The lowest BCUT2D eigenvalue weighted by molar-refractivity contribution is 0.157. The Hall–Kier alpha value is -2.91. The van der Waals surface area contributed by atoms with Crippen LogP contribution >= 0.6 is 12.6 Å². The van der Waals surface area contributed by atoms with Gasteiger partial charge in [0.05, 0.1) is 14.2 Å². The Bertz CT molecular complexity index is 1080. The standard InChI is InChI=1S/C19H21NO4.C6H6S.C2H6.2H2O/c1-23-17-4-3-11-7-15-13-9-16(21)18(24-2)8-12(13)5-6-20(15)10-14(11)19(17)22;7-6-4-2-1-3-5-6;1-2;;/h3-4,8-9,15,21-22H,5-7,10H2,1-2H3;1-5,7H;1-2H3;2*1H2. The first-order valence-electron chi connectivity index (χ1n) is 11.3. The monoisotopic (exact) mass is 503 g/mol. The molecule has 0 aromatic heterocycles. The number of fused-ring (bicyclic) bond motifs is 4. The van der Waals surface area contributed by atoms with Crippen molar-refractivity contribution in [2.75, 3.05) is 20.8 Å². The number of hydrogen-bond donors (Lipinski definition) is 3. The summed E-state index contributed by atoms with van der Waals surface area (Å²) in [6, 6.07) is 17.6. The van der Waals surface area contributed by atoms with Crippen LogP contribution in [0.3, 0.4) is 0 Å². The summed E-state index contributed by atoms with van der Waals surface area (Å²) in [7, 11) is 3.14. The Balaban J connectivity index is 0.000000479. The van der Waals surface area contributed by atoms with Gasteiger partial charge in [0.2, 0.25) is 0 Å². The Morgan fingerprint density at radius 1 is 0.886 bits per heavy atom. The van der Waals surface area contributed by atoms with Gasteiger partial charge in [-0.15, -0.1) is 12.6 Å². The second-order valence-electron chi connectivity index (χ2n) is 7.75. The molecule has 3 aromatic carbocycles. The van der Waals surface area contributed by atoms with E-state index in [4.69, 9.17) is 9.47 Å². The molecule has 0 aliphatic carbocycles. The van der Waals surface area contributed by atoms with Crippen molar-refractivity contribution in [3.8, 4) is 23.0 Å². The highest BCUT2D eigenvalue weighted by molar-refractivity contribution is 7.80. The zero-order valence-corrected chi connectivity index (χ0v) is 21.6. The molecule has 0 saturated carbocycles. The van der Waals surface area contributed by atoms with Crippen LogP contribution in [0.1, 0.15) is 42.1 Å². The lowest BCUT2D eigenvalue weighted by atomic mass is 9.83. The van der Waals surface area contributed by atoms with E-state index in [2.05, 4.69) is 17.5 Å². The molecule has 2 aliphatic rings. The molecule has 0 radical (unpaired) electrons. The molecule has 3 aromatic rings. The van der Waals surface area contributed by atoms with Crippen LogP contribution in [0.2, 0.25) is 0 Å². The van der Waals surface area contributed by atoms with Gasteiger partial charge in [0.25, 0.3) is 0 Å². The fraction of sp³-hybridized carbons (Fsp3) is 0.333. The van der Waals surface area contributed by atoms with Crippen LogP contribution in [0.15, 0.2) is 59.5 Å². The number of phenolic OH excluding ortho intramolecular Hbond substituents is 2. The maximum atomic E-state index is 10.4. The first-order valence-corrected chi connectivity index (χ1v) is 11.7. The number of nitrogens with zero attached hydrogens (tertiary/aromatic N) is 1. The Morgan fingerprint density at radius 3 is 2.11 bits per heavy atom. The summed E-state index contributed by atoms with van der Waals surface area (Å²) in [4.78, 5) is 3.37. The van der Waals surface area contributed by atoms with Crippen molar-refractivity contribution in [2.45, 2.75) is 44.2 Å². The van der Waals surface area contributed by atoms with Crippen molar-refractivity contribution >= 4 is 12.6 Å². The van der Waals surface area contributed by atoms with Crippen molar-refractivity contribution in [3.63, 3.8) is 0 Å². The molecule has 0 fully saturated rings. The van der Waals surface area contributed by atoms with Gasteiger partial charge in [-0.05, 0) is 59.9 Å². The van der Waals surface area contributed by atoms with Crippen LogP contribution in [0.4, 0.5) is 0 Å². The Morgan fingerprint density at radius 2 is 1.54 bits per heavy atom. The summed E-state index contributed by atoms with van der Waals surface area (Å²) in [5, 5.41) is 20.6. The third kappa shape index (κ3) is 6.61. The summed E-state index contributed by atoms with van der Waals surface area (Å²) in [6.45, 7) is 5.61. The highest BCUT2D eigenvalue weighted by Gasteiger charge is 2.34. The van der Waals surface area contributed by atoms with Gasteiger partial charge < -0.3 is 30.6 Å². The molecule has 2 aliphatic heterocycles. The molecule has 0 saturated heterocycles. The number of methoxy groups -OCH3 is 2. The van der Waals surface area contributed by atoms with E-state index in [0.717, 1.165) is 41.0 Å². The summed E-state index contributed by atoms with van der Waals surface area (Å²) in [6.07, 6.45) is 1.72. The Labute approximate surface area is 213 Å². The van der Waals surface area contributed by atoms with Crippen LogP contribution in [-0.2, 0) is 19.4 Å². The predicted octanol–water partition coefficient (Wildman–Crippen LogP) is 4.12. The molecular weight excluding hydrogens is 466 g/mol. The molecule has 6 N–H and O–H groups in total. The van der Waals surface area contributed by atoms with E-state index < -0.39 is 0 Å². The first-order chi connectivity index (χ1) is 16.0. The molecule has 35 heavy (non-hydrogen) atoms. The van der Waals surface area contributed by atoms with Gasteiger partial charge in [-0.25, -0.2) is 0 Å². The average molecular weight is 504 g/mol. The summed E-state index contributed by atoms with van der Waals surface area (Å²) < 4.78 is 10.5. The number of aromatic hydroxyl groups is 2. The van der Waals surface area contributed by atoms with Gasteiger partial charge in [0.1, 0.15) is 0 Å². The van der Waals surface area contributed by atoms with Gasteiger partial charge in [-0.3, -0.25) is 4.90 Å². The number of ether oxygens (including phenoxy) is 2. The largest absolute Gasteiger partial charge is 0.504 e. The number of rotatable bonds is 2. The van der Waals surface area contributed by atoms with E-state index >= 15 is 0 Å². The maximum Gasteiger partial charge on any atom is 0.162 e. The van der Waals surface area contributed by atoms with E-state index in [0.29, 0.717) is 18.0 Å². The van der Waals surface area contributed by atoms with E-state index in [1.54, 1.807) is 14.2 Å². The smallest absolute Gasteiger partial charge is 0.162 e. The normalized spacial score (nSPS) is 15.1. The fourth-order valence-electron chi connectivity index (χ4n) is 4.39. The third-order valence-electron chi connectivity index (χ3n) is 6.00. The molecule has 1 atom stereocenters. The van der Waals surface area contributed by atoms with Crippen LogP contribution in [0, 0.1) is 0 Å². The zero-order chi connectivity index (χ0) is 24.0. The van der Waals surface area contributed by atoms with E-state index in [-0.39, 0.29) is 28.5 Å². The molecule has 8 heteroatoms. The minimum absolute atomic E-state index is 0. The number of hydrogen-bond acceptors (Lipinski definition) is 6. The molecular formula is C27H37NO6S. The van der Waals surface area contributed by atoms with Gasteiger partial charge in [-0.1, -0.05) is 38.1 Å². The molecule has 7 nitrogen and oxygen atoms in total. The summed E-state index contributed by atoms with van der Waals surface area (Å²) >= 11 is 4.08. The van der Waals surface area contributed by atoms with Crippen LogP contribution in [0.5, 0.6) is 23.0 Å². The maximum absolute atomic E-state index is 10.4. The van der Waals surface area contributed by atoms with Crippen LogP contribution in [-0.4, -0.2) is 46.8 Å². The van der Waals surface area contributed by atoms with Crippen LogP contribution < -0.4 is 9.47 Å². The van der Waals surface area contributed by atoms with Gasteiger partial charge in [0, 0.05) is 29.6 Å². The fourth-order valence-corrected chi connectivity index (χ4v) is 4.56. The quantitative estimate of drug-likeness (QED) is 0.454. The minimum Gasteiger partial charge on any atom is -0.504 e. The number of thiol groups is 1. The molecule has 0 spiro atoms. The molecule has 192 valence electrons. The van der Waals surface area contributed by atoms with E-state index in [1.807, 2.05) is 68.4 Å². The second kappa shape index (κ2) is 13.8. The number of benzene rings is 3. The highest BCUT2D eigenvalue weighted by atomic mass is 32.1. The van der Waals surface area contributed by atoms with Crippen LogP contribution in [0.25, 0.3) is 0 Å². The predicted molar refractivity (Wildman–Crippen MR) is 142 cm³/mol. The number of phenols is 2. The lowest BCUT2D eigenvalue weighted by Gasteiger charge is -2.41. The average Bonchev–Trinajstić information content (AvgIpc) is 2.85. The topological polar surface area (TPSA) is 125 Å². The molecule has 1 unspecified atom stereocenters. The molecule has 5 rings (SSSR count). The van der Waals surface area contributed by atoms with Gasteiger partial charge in [0.15, 0.2) is 23.0 Å². The van der Waals surface area contributed by atoms with Crippen molar-refractivity contribution in [2.24, 2.45) is 0 Å². The van der Waals surface area contributed by atoms with Gasteiger partial charge in [-0.2, -0.15) is 0 Å². The van der Waals surface area contributed by atoms with Crippen molar-refractivity contribution in [1.82, 2.24) is 4.90 Å². The van der Waals surface area contributed by atoms with Crippen molar-refractivity contribution in [3.05, 3.63) is 76.9 Å². The Kier molecular flexibility index (Phi) is 11.9. The van der Waals surface area contributed by atoms with Gasteiger partial charge >= 0.3 is 0 Å². The molecule has 0 bridgehead atoms. The van der Waals surface area contributed by atoms with Crippen molar-refractivity contribution < 1.29 is 30.6 Å². The van der Waals surface area contributed by atoms with E-state index in [9.17, 15) is 10.2 Å². The SMILES string of the molecule is CC.COc1cc2c(cc1O)C1Cc3ccc(OC)c(O)c3CN1CC2.O.O.Sc1ccccc1. The van der Waals surface area contributed by atoms with E-state index in [1.165, 1.54) is 5.56 Å². The highest BCUT2D eigenvalue weighted by Crippen LogP contribution is 2.45.